The van der Waals surface area contributed by atoms with Gasteiger partial charge < -0.3 is 15.2 Å². The maximum Gasteiger partial charge on any atom is 0.311 e. The Morgan fingerprint density at radius 2 is 2.20 bits per heavy atom. The van der Waals surface area contributed by atoms with Gasteiger partial charge in [0, 0.05) is 23.9 Å². The summed E-state index contributed by atoms with van der Waals surface area (Å²) in [6.45, 7) is 0.0910. The van der Waals surface area contributed by atoms with Crippen LogP contribution in [0.4, 0.5) is 11.5 Å². The molecule has 0 bridgehead atoms. The number of hydrogen-bond acceptors (Lipinski definition) is 6. The number of nitrogens with zero attached hydrogens (tertiary/aromatic N) is 2. The van der Waals surface area contributed by atoms with Gasteiger partial charge in [0.1, 0.15) is 18.2 Å². The van der Waals surface area contributed by atoms with E-state index in [9.17, 15) is 10.1 Å². The molecule has 0 spiro atoms. The number of nitrogens with two attached hydrogens (primary N) is 1. The number of nitrogen functional groups attached to an aromatic ring is 1. The molecule has 7 heteroatoms. The lowest BCUT2D eigenvalue weighted by Crippen LogP contribution is -2.03. The van der Waals surface area contributed by atoms with Crippen LogP contribution in [-0.4, -0.2) is 17.0 Å². The fraction of sp³-hybridized carbons (Fsp3) is 0.154. The van der Waals surface area contributed by atoms with Gasteiger partial charge in [-0.2, -0.15) is 0 Å². The van der Waals surface area contributed by atoms with Crippen molar-refractivity contribution >= 4 is 11.5 Å². The second kappa shape index (κ2) is 5.87. The van der Waals surface area contributed by atoms with Crippen LogP contribution in [0, 0.1) is 10.1 Å². The van der Waals surface area contributed by atoms with Crippen molar-refractivity contribution in [1.82, 2.24) is 4.98 Å². The molecule has 1 aromatic heterocycles. The van der Waals surface area contributed by atoms with E-state index in [0.29, 0.717) is 17.1 Å². The minimum Gasteiger partial charge on any atom is -0.497 e. The van der Waals surface area contributed by atoms with E-state index in [-0.39, 0.29) is 18.0 Å². The van der Waals surface area contributed by atoms with Crippen LogP contribution < -0.4 is 15.2 Å². The molecule has 104 valence electrons. The Morgan fingerprint density at radius 1 is 1.40 bits per heavy atom. The van der Waals surface area contributed by atoms with E-state index >= 15 is 0 Å². The molecule has 2 aromatic rings. The fourth-order valence-corrected chi connectivity index (χ4v) is 1.62. The molecule has 0 aliphatic heterocycles. The van der Waals surface area contributed by atoms with Crippen molar-refractivity contribution in [2.24, 2.45) is 0 Å². The van der Waals surface area contributed by atoms with Gasteiger partial charge in [-0.05, 0) is 12.1 Å². The van der Waals surface area contributed by atoms with Crippen molar-refractivity contribution in [3.05, 3.63) is 52.2 Å². The Morgan fingerprint density at radius 3 is 2.85 bits per heavy atom. The first-order chi connectivity index (χ1) is 9.61. The maximum atomic E-state index is 10.9. The van der Waals surface area contributed by atoms with E-state index in [2.05, 4.69) is 4.98 Å². The Hall–Kier alpha value is -2.83. The lowest BCUT2D eigenvalue weighted by molar-refractivity contribution is -0.386. The van der Waals surface area contributed by atoms with Gasteiger partial charge in [-0.25, -0.2) is 4.98 Å². The molecule has 0 radical (unpaired) electrons. The first-order valence-electron chi connectivity index (χ1n) is 5.76. The third-order valence-electron chi connectivity index (χ3n) is 2.67. The molecular weight excluding hydrogens is 262 g/mol. The zero-order chi connectivity index (χ0) is 14.5. The molecule has 0 saturated heterocycles. The third kappa shape index (κ3) is 2.94. The summed E-state index contributed by atoms with van der Waals surface area (Å²) in [7, 11) is 1.48. The number of ether oxygens (including phenoxy) is 2. The lowest BCUT2D eigenvalue weighted by atomic mass is 10.2. The van der Waals surface area contributed by atoms with Crippen LogP contribution in [0.3, 0.4) is 0 Å². The molecule has 0 amide bonds. The van der Waals surface area contributed by atoms with E-state index in [1.54, 1.807) is 18.3 Å². The molecule has 0 atom stereocenters. The van der Waals surface area contributed by atoms with Gasteiger partial charge in [-0.3, -0.25) is 10.1 Å². The molecule has 20 heavy (non-hydrogen) atoms. The molecule has 2 N–H and O–H groups in total. The molecule has 7 nitrogen and oxygen atoms in total. The van der Waals surface area contributed by atoms with Gasteiger partial charge in [0.05, 0.1) is 12.0 Å². The van der Waals surface area contributed by atoms with Crippen molar-refractivity contribution in [3.8, 4) is 11.5 Å². The number of pyridine rings is 1. The number of aromatic nitrogens is 1. The lowest BCUT2D eigenvalue weighted by Gasteiger charge is -2.09. The van der Waals surface area contributed by atoms with E-state index in [1.165, 1.54) is 25.3 Å². The van der Waals surface area contributed by atoms with Crippen LogP contribution in [0.1, 0.15) is 5.56 Å². The average Bonchev–Trinajstić information content (AvgIpc) is 2.46. The van der Waals surface area contributed by atoms with Crippen LogP contribution in [0.15, 0.2) is 36.5 Å². The van der Waals surface area contributed by atoms with Gasteiger partial charge >= 0.3 is 5.69 Å². The van der Waals surface area contributed by atoms with Crippen LogP contribution in [0.25, 0.3) is 0 Å². The Kier molecular flexibility index (Phi) is 3.99. The molecule has 0 aliphatic rings. The maximum absolute atomic E-state index is 10.9. The van der Waals surface area contributed by atoms with Crippen molar-refractivity contribution < 1.29 is 14.4 Å². The Balaban J connectivity index is 2.24. The summed E-state index contributed by atoms with van der Waals surface area (Å²) in [6.07, 6.45) is 1.56. The SMILES string of the molecule is COc1ccc([N+](=O)[O-])c(OCc2cccnc2N)c1. The van der Waals surface area contributed by atoms with Crippen LogP contribution in [0.5, 0.6) is 11.5 Å². The quantitative estimate of drug-likeness (QED) is 0.662. The largest absolute Gasteiger partial charge is 0.497 e. The fourth-order valence-electron chi connectivity index (χ4n) is 1.62. The standard InChI is InChI=1S/C13H13N3O4/c1-19-10-4-5-11(16(17)18)12(7-10)20-8-9-3-2-6-15-13(9)14/h2-7H,8H2,1H3,(H2,14,15). The molecule has 2 rings (SSSR count). The number of anilines is 1. The molecule has 0 saturated carbocycles. The van der Waals surface area contributed by atoms with Gasteiger partial charge in [0.2, 0.25) is 5.75 Å². The van der Waals surface area contributed by atoms with Crippen molar-refractivity contribution in [3.63, 3.8) is 0 Å². The van der Waals surface area contributed by atoms with Crippen LogP contribution >= 0.6 is 0 Å². The van der Waals surface area contributed by atoms with Gasteiger partial charge in [-0.1, -0.05) is 6.07 Å². The summed E-state index contributed by atoms with van der Waals surface area (Å²) in [6, 6.07) is 7.76. The summed E-state index contributed by atoms with van der Waals surface area (Å²) in [5, 5.41) is 10.9. The van der Waals surface area contributed by atoms with E-state index in [4.69, 9.17) is 15.2 Å². The number of benzene rings is 1. The van der Waals surface area contributed by atoms with Crippen LogP contribution in [-0.2, 0) is 6.61 Å². The number of rotatable bonds is 5. The second-order valence-electron chi connectivity index (χ2n) is 3.93. The Labute approximate surface area is 115 Å². The zero-order valence-electron chi connectivity index (χ0n) is 10.8. The van der Waals surface area contributed by atoms with E-state index in [0.717, 1.165) is 0 Å². The van der Waals surface area contributed by atoms with Crippen LogP contribution in [0.2, 0.25) is 0 Å². The highest BCUT2D eigenvalue weighted by atomic mass is 16.6. The second-order valence-corrected chi connectivity index (χ2v) is 3.93. The summed E-state index contributed by atoms with van der Waals surface area (Å²) in [5.41, 5.74) is 6.21. The average molecular weight is 275 g/mol. The first kappa shape index (κ1) is 13.6. The predicted octanol–water partition coefficient (Wildman–Crippen LogP) is 2.16. The van der Waals surface area contributed by atoms with Crippen molar-refractivity contribution in [2.45, 2.75) is 6.61 Å². The highest BCUT2D eigenvalue weighted by Crippen LogP contribution is 2.31. The number of hydrogen-bond donors (Lipinski definition) is 1. The number of nitro benzene ring substituents is 1. The van der Waals surface area contributed by atoms with Gasteiger partial charge in [0.15, 0.2) is 0 Å². The summed E-state index contributed by atoms with van der Waals surface area (Å²) in [5.74, 6) is 0.931. The molecular formula is C13H13N3O4. The minimum absolute atomic E-state index is 0.0910. The molecule has 0 aliphatic carbocycles. The molecule has 0 unspecified atom stereocenters. The first-order valence-corrected chi connectivity index (χ1v) is 5.76. The van der Waals surface area contributed by atoms with Crippen molar-refractivity contribution in [2.75, 3.05) is 12.8 Å². The highest BCUT2D eigenvalue weighted by Gasteiger charge is 2.16. The minimum atomic E-state index is -0.513. The van der Waals surface area contributed by atoms with Crippen molar-refractivity contribution in [1.29, 1.82) is 0 Å². The monoisotopic (exact) mass is 275 g/mol. The summed E-state index contributed by atoms with van der Waals surface area (Å²) < 4.78 is 10.5. The normalized spacial score (nSPS) is 10.1. The predicted molar refractivity (Wildman–Crippen MR) is 72.6 cm³/mol. The van der Waals surface area contributed by atoms with E-state index < -0.39 is 4.92 Å². The third-order valence-corrected chi connectivity index (χ3v) is 2.67. The van der Waals surface area contributed by atoms with Gasteiger partial charge in [-0.15, -0.1) is 0 Å². The number of methoxy groups -OCH3 is 1. The van der Waals surface area contributed by atoms with E-state index in [1.807, 2.05) is 0 Å². The topological polar surface area (TPSA) is 101 Å². The Bertz CT molecular complexity index is 631. The molecule has 1 heterocycles. The number of nitro groups is 1. The molecule has 1 aromatic carbocycles. The van der Waals surface area contributed by atoms with Gasteiger partial charge in [0.25, 0.3) is 0 Å². The molecule has 0 fully saturated rings. The highest BCUT2D eigenvalue weighted by molar-refractivity contribution is 5.51. The smallest absolute Gasteiger partial charge is 0.311 e. The summed E-state index contributed by atoms with van der Waals surface area (Å²) >= 11 is 0. The zero-order valence-corrected chi connectivity index (χ0v) is 10.8. The summed E-state index contributed by atoms with van der Waals surface area (Å²) in [4.78, 5) is 14.4.